The first kappa shape index (κ1) is 18.9. The second kappa shape index (κ2) is 14.3. The van der Waals surface area contributed by atoms with Gasteiger partial charge in [-0.3, -0.25) is 5.26 Å². The minimum Gasteiger partial charge on any atom is -0.379 e. The molecule has 0 aliphatic rings. The summed E-state index contributed by atoms with van der Waals surface area (Å²) >= 11 is 0. The fourth-order valence-electron chi connectivity index (χ4n) is 2.10. The Morgan fingerprint density at radius 1 is 0.789 bits per heavy atom. The topological polar surface area (TPSA) is 38.7 Å². The van der Waals surface area contributed by atoms with E-state index in [0.717, 1.165) is 18.9 Å². The highest BCUT2D eigenvalue weighted by molar-refractivity contribution is 4.50. The Balaban J connectivity index is 2.99. The van der Waals surface area contributed by atoms with E-state index in [9.17, 15) is 0 Å². The molecule has 0 aromatic rings. The van der Waals surface area contributed by atoms with Gasteiger partial charge in [-0.1, -0.05) is 65.2 Å². The monoisotopic (exact) mass is 274 g/mol. The maximum Gasteiger partial charge on any atom is 0.113 e. The van der Waals surface area contributed by atoms with Crippen LogP contribution in [0.3, 0.4) is 0 Å². The van der Waals surface area contributed by atoms with Crippen molar-refractivity contribution >= 4 is 0 Å². The van der Waals surface area contributed by atoms with Gasteiger partial charge < -0.3 is 4.74 Å². The van der Waals surface area contributed by atoms with Crippen LogP contribution in [0.15, 0.2) is 0 Å². The molecule has 0 aromatic heterocycles. The quantitative estimate of drug-likeness (QED) is 0.274. The van der Waals surface area contributed by atoms with Gasteiger partial charge in [0.2, 0.25) is 0 Å². The summed E-state index contributed by atoms with van der Waals surface area (Å²) in [7, 11) is 0. The highest BCUT2D eigenvalue weighted by atomic mass is 17.1. The van der Waals surface area contributed by atoms with E-state index < -0.39 is 0 Å². The fraction of sp³-hybridized carbons (Fsp3) is 1.00. The molecule has 3 nitrogen and oxygen atoms in total. The zero-order valence-corrected chi connectivity index (χ0v) is 13.2. The second-order valence-corrected chi connectivity index (χ2v) is 6.00. The van der Waals surface area contributed by atoms with Crippen molar-refractivity contribution in [1.29, 1.82) is 0 Å². The van der Waals surface area contributed by atoms with E-state index in [1.165, 1.54) is 51.4 Å². The summed E-state index contributed by atoms with van der Waals surface area (Å²) in [4.78, 5) is 4.13. The van der Waals surface area contributed by atoms with E-state index in [0.29, 0.717) is 6.61 Å². The van der Waals surface area contributed by atoms with Crippen molar-refractivity contribution in [3.05, 3.63) is 0 Å². The van der Waals surface area contributed by atoms with Crippen molar-refractivity contribution in [3.63, 3.8) is 0 Å². The molecule has 0 radical (unpaired) electrons. The van der Waals surface area contributed by atoms with E-state index in [1.807, 2.05) is 0 Å². The first-order chi connectivity index (χ1) is 9.16. The number of ether oxygens (including phenoxy) is 1. The van der Waals surface area contributed by atoms with Gasteiger partial charge in [-0.25, -0.2) is 4.89 Å². The lowest BCUT2D eigenvalue weighted by Gasteiger charge is -2.08. The normalized spacial score (nSPS) is 13.1. The van der Waals surface area contributed by atoms with Crippen molar-refractivity contribution in [2.24, 2.45) is 5.92 Å². The van der Waals surface area contributed by atoms with Crippen molar-refractivity contribution < 1.29 is 14.9 Å². The molecule has 0 saturated carbocycles. The van der Waals surface area contributed by atoms with Crippen molar-refractivity contribution in [2.45, 2.75) is 84.7 Å². The number of rotatable bonds is 14. The average molecular weight is 274 g/mol. The predicted molar refractivity (Wildman–Crippen MR) is 80.4 cm³/mol. The summed E-state index contributed by atoms with van der Waals surface area (Å²) < 4.78 is 5.38. The fourth-order valence-corrected chi connectivity index (χ4v) is 2.10. The number of hydrogen-bond donors (Lipinski definition) is 1. The van der Waals surface area contributed by atoms with Gasteiger partial charge in [0.25, 0.3) is 0 Å². The van der Waals surface area contributed by atoms with Crippen LogP contribution < -0.4 is 0 Å². The van der Waals surface area contributed by atoms with Gasteiger partial charge in [0.15, 0.2) is 0 Å². The Morgan fingerprint density at radius 2 is 1.32 bits per heavy atom. The minimum absolute atomic E-state index is 0.217. The summed E-state index contributed by atoms with van der Waals surface area (Å²) in [5.41, 5.74) is 0. The van der Waals surface area contributed by atoms with Crippen LogP contribution in [0.25, 0.3) is 0 Å². The lowest BCUT2D eigenvalue weighted by atomic mass is 10.0. The largest absolute Gasteiger partial charge is 0.379 e. The summed E-state index contributed by atoms with van der Waals surface area (Å²) in [6.07, 6.45) is 11.8. The molecule has 0 spiro atoms. The third-order valence-corrected chi connectivity index (χ3v) is 3.35. The standard InChI is InChI=1S/C16H34O3/c1-15(2)12-10-8-6-4-5-7-9-11-13-18-14-16(3)19-17/h15-17H,4-14H2,1-3H3. The maximum atomic E-state index is 8.35. The van der Waals surface area contributed by atoms with Crippen molar-refractivity contribution in [2.75, 3.05) is 13.2 Å². The molecule has 116 valence electrons. The van der Waals surface area contributed by atoms with Gasteiger partial charge in [-0.15, -0.1) is 0 Å². The average Bonchev–Trinajstić information content (AvgIpc) is 2.39. The predicted octanol–water partition coefficient (Wildman–Crippen LogP) is 5.05. The summed E-state index contributed by atoms with van der Waals surface area (Å²) in [6.45, 7) is 7.65. The van der Waals surface area contributed by atoms with Crippen molar-refractivity contribution in [1.82, 2.24) is 0 Å². The molecule has 0 aliphatic heterocycles. The van der Waals surface area contributed by atoms with Crippen LogP contribution in [0.2, 0.25) is 0 Å². The van der Waals surface area contributed by atoms with E-state index in [-0.39, 0.29) is 6.10 Å². The molecule has 0 heterocycles. The second-order valence-electron chi connectivity index (χ2n) is 6.00. The molecular weight excluding hydrogens is 240 g/mol. The van der Waals surface area contributed by atoms with Crippen LogP contribution in [0.4, 0.5) is 0 Å². The zero-order chi connectivity index (χ0) is 14.3. The Labute approximate surface area is 119 Å². The van der Waals surface area contributed by atoms with Crippen LogP contribution in [0.5, 0.6) is 0 Å². The van der Waals surface area contributed by atoms with Gasteiger partial charge in [0.1, 0.15) is 6.10 Å². The summed E-state index contributed by atoms with van der Waals surface area (Å²) in [6, 6.07) is 0. The van der Waals surface area contributed by atoms with Crippen LogP contribution in [-0.2, 0) is 9.62 Å². The number of unbranched alkanes of at least 4 members (excludes halogenated alkanes) is 7. The molecule has 1 N–H and O–H groups in total. The molecule has 0 aromatic carbocycles. The third-order valence-electron chi connectivity index (χ3n) is 3.35. The summed E-state index contributed by atoms with van der Waals surface area (Å²) in [5, 5.41) is 8.35. The van der Waals surface area contributed by atoms with Gasteiger partial charge in [0.05, 0.1) is 6.61 Å². The SMILES string of the molecule is CC(C)CCCCCCCCCCOCC(C)OO. The molecule has 0 fully saturated rings. The lowest BCUT2D eigenvalue weighted by Crippen LogP contribution is -2.14. The van der Waals surface area contributed by atoms with Gasteiger partial charge in [-0.05, 0) is 19.3 Å². The van der Waals surface area contributed by atoms with Gasteiger partial charge in [-0.2, -0.15) is 0 Å². The molecule has 0 saturated heterocycles. The van der Waals surface area contributed by atoms with Crippen LogP contribution in [-0.4, -0.2) is 24.6 Å². The highest BCUT2D eigenvalue weighted by Crippen LogP contribution is 2.12. The minimum atomic E-state index is -0.217. The number of hydrogen-bond acceptors (Lipinski definition) is 3. The van der Waals surface area contributed by atoms with Gasteiger partial charge in [0, 0.05) is 6.61 Å². The molecular formula is C16H34O3. The Kier molecular flexibility index (Phi) is 14.2. The van der Waals surface area contributed by atoms with E-state index >= 15 is 0 Å². The molecule has 1 unspecified atom stereocenters. The molecule has 0 rings (SSSR count). The maximum absolute atomic E-state index is 8.35. The molecule has 0 aliphatic carbocycles. The summed E-state index contributed by atoms with van der Waals surface area (Å²) in [5.74, 6) is 0.860. The van der Waals surface area contributed by atoms with Crippen molar-refractivity contribution in [3.8, 4) is 0 Å². The van der Waals surface area contributed by atoms with E-state index in [2.05, 4.69) is 18.7 Å². The zero-order valence-electron chi connectivity index (χ0n) is 13.2. The van der Waals surface area contributed by atoms with Crippen LogP contribution in [0.1, 0.15) is 78.6 Å². The van der Waals surface area contributed by atoms with E-state index in [4.69, 9.17) is 9.99 Å². The van der Waals surface area contributed by atoms with Crippen LogP contribution >= 0.6 is 0 Å². The Hall–Kier alpha value is -0.120. The Morgan fingerprint density at radius 3 is 1.84 bits per heavy atom. The first-order valence-electron chi connectivity index (χ1n) is 8.04. The van der Waals surface area contributed by atoms with Crippen LogP contribution in [0, 0.1) is 5.92 Å². The first-order valence-corrected chi connectivity index (χ1v) is 8.04. The molecule has 19 heavy (non-hydrogen) atoms. The smallest absolute Gasteiger partial charge is 0.113 e. The van der Waals surface area contributed by atoms with Gasteiger partial charge >= 0.3 is 0 Å². The molecule has 1 atom stereocenters. The molecule has 3 heteroatoms. The third kappa shape index (κ3) is 15.8. The Bertz CT molecular complexity index is 171. The molecule has 0 bridgehead atoms. The highest BCUT2D eigenvalue weighted by Gasteiger charge is 2.00. The van der Waals surface area contributed by atoms with E-state index in [1.54, 1.807) is 6.92 Å². The molecule has 0 amide bonds. The lowest BCUT2D eigenvalue weighted by molar-refractivity contribution is -0.282.